The number of primary amides is 1. The van der Waals surface area contributed by atoms with E-state index in [1.54, 1.807) is 33.7 Å². The molecule has 0 aliphatic heterocycles. The van der Waals surface area contributed by atoms with Crippen LogP contribution in [0.25, 0.3) is 0 Å². The predicted molar refractivity (Wildman–Crippen MR) is 160 cm³/mol. The third-order valence-electron chi connectivity index (χ3n) is 2.57. The molecule has 11 N–H and O–H groups in total. The van der Waals surface area contributed by atoms with Crippen LogP contribution in [0.4, 0.5) is 9.59 Å². The van der Waals surface area contributed by atoms with Crippen molar-refractivity contribution in [2.24, 2.45) is 5.73 Å². The van der Waals surface area contributed by atoms with Gasteiger partial charge in [0, 0.05) is 63.3 Å². The van der Waals surface area contributed by atoms with Crippen molar-refractivity contribution in [2.75, 3.05) is 70.1 Å². The smallest absolute Gasteiger partial charge is 0.371 e. The molecule has 0 spiro atoms. The number of carbonyl (C=O) groups is 3. The number of hydrogen-bond acceptors (Lipinski definition) is 17. The molecule has 1 aromatic rings. The lowest BCUT2D eigenvalue weighted by atomic mass is 10.2. The Bertz CT molecular complexity index is 604. The van der Waals surface area contributed by atoms with Crippen molar-refractivity contribution < 1.29 is 48.6 Å². The van der Waals surface area contributed by atoms with Crippen LogP contribution in [0, 0.1) is 0 Å². The van der Waals surface area contributed by atoms with Crippen LogP contribution >= 0.6 is 0 Å². The number of nitrogens with two attached hydrogens (primary N) is 1. The summed E-state index contributed by atoms with van der Waals surface area (Å²) in [5.41, 5.74) is 21.5. The van der Waals surface area contributed by atoms with Crippen molar-refractivity contribution >= 4 is 18.2 Å². The Labute approximate surface area is 250 Å². The average molecular weight is 620 g/mol. The summed E-state index contributed by atoms with van der Waals surface area (Å²) >= 11 is 0. The van der Waals surface area contributed by atoms with E-state index in [2.05, 4.69) is 68.1 Å². The van der Waals surface area contributed by atoms with Crippen LogP contribution in [0.2, 0.25) is 0 Å². The van der Waals surface area contributed by atoms with Crippen LogP contribution in [0.1, 0.15) is 26.8 Å². The van der Waals surface area contributed by atoms with Crippen molar-refractivity contribution in [2.45, 2.75) is 27.9 Å². The van der Waals surface area contributed by atoms with Gasteiger partial charge in [-0.1, -0.05) is 37.8 Å². The minimum atomic E-state index is -0.822. The summed E-state index contributed by atoms with van der Waals surface area (Å²) in [4.78, 5) is 55.4. The third-order valence-corrected chi connectivity index (χ3v) is 2.57. The highest BCUT2D eigenvalue weighted by atomic mass is 16.7. The Hall–Kier alpha value is -3.21. The average Bonchev–Trinajstić information content (AvgIpc) is 2.95. The number of benzene rings is 1. The summed E-state index contributed by atoms with van der Waals surface area (Å²) < 4.78 is 0. The molecule has 0 bridgehead atoms. The van der Waals surface area contributed by atoms with E-state index in [1.807, 2.05) is 37.3 Å². The molecule has 42 heavy (non-hydrogen) atoms. The molecule has 0 fully saturated rings. The maximum absolute atomic E-state index is 10.0. The Morgan fingerprint density at radius 3 is 1.36 bits per heavy atom. The van der Waals surface area contributed by atoms with Crippen LogP contribution in [0.5, 0.6) is 0 Å². The van der Waals surface area contributed by atoms with E-state index in [1.165, 1.54) is 47.7 Å². The van der Waals surface area contributed by atoms with Gasteiger partial charge in [0.25, 0.3) is 0 Å². The molecule has 0 aromatic heterocycles. The molecule has 0 aliphatic carbocycles. The van der Waals surface area contributed by atoms with Gasteiger partial charge in [-0.2, -0.15) is 16.4 Å². The number of nitrogens with one attached hydrogen (secondary N) is 8. The first-order valence-electron chi connectivity index (χ1n) is 11.7. The topological polar surface area (TPSA) is 249 Å². The van der Waals surface area contributed by atoms with E-state index in [0.29, 0.717) is 6.61 Å². The normalized spacial score (nSPS) is 7.90. The highest BCUT2D eigenvalue weighted by Crippen LogP contribution is 1.98. The van der Waals surface area contributed by atoms with Gasteiger partial charge in [-0.3, -0.25) is 9.63 Å². The van der Waals surface area contributed by atoms with Crippen molar-refractivity contribution in [1.82, 2.24) is 43.7 Å². The highest BCUT2D eigenvalue weighted by molar-refractivity contribution is 5.66. The standard InChI is InChI=1S/C8H11NO.C3H8N2O2.C3H7NO2.C3H9NO.C2H6N2O2.C2H7NO.CH5NO.CH4/c1-9-10-7-8-5-3-2-4-6-8;1-4-3(6)7-5-2;1-3(5)6-4-2;1-3-5-4-2;1-4-6-2(3)5;1-3-4-2;1-2-3;/h2-6,9H,7H2,1H3;5H,1-2H3,(H,4,6);4H,1-2H3;4H,3H2,1-2H3;4H,1H3,(H2,3,5);3H,1-2H3;2-3H,1H3;1H4. The molecule has 0 heterocycles. The second kappa shape index (κ2) is 57.6. The summed E-state index contributed by atoms with van der Waals surface area (Å²) in [6.07, 6.45) is -1.31. The molecular weight excluding hydrogens is 562 g/mol. The summed E-state index contributed by atoms with van der Waals surface area (Å²) in [5, 5.41) is 9.56. The monoisotopic (exact) mass is 619 g/mol. The number of rotatable bonds is 9. The molecule has 0 saturated heterocycles. The molecule has 254 valence electrons. The zero-order chi connectivity index (χ0) is 33.2. The lowest BCUT2D eigenvalue weighted by Gasteiger charge is -1.99. The molecular formula is C23H57N9O10. The minimum absolute atomic E-state index is 0. The maximum Gasteiger partial charge on any atom is 0.425 e. The molecule has 1 aromatic carbocycles. The summed E-state index contributed by atoms with van der Waals surface area (Å²) in [6, 6.07) is 10.0. The molecule has 0 radical (unpaired) electrons. The van der Waals surface area contributed by atoms with Crippen molar-refractivity contribution in [3.63, 3.8) is 0 Å². The van der Waals surface area contributed by atoms with Crippen LogP contribution < -0.4 is 49.4 Å². The van der Waals surface area contributed by atoms with Gasteiger partial charge in [-0.05, 0) is 12.5 Å². The lowest BCUT2D eigenvalue weighted by molar-refractivity contribution is -0.147. The molecule has 1 rings (SSSR count). The molecule has 0 aliphatic rings. The van der Waals surface area contributed by atoms with Crippen molar-refractivity contribution in [3.8, 4) is 0 Å². The molecule has 2 amide bonds. The largest absolute Gasteiger partial charge is 0.425 e. The first kappa shape index (κ1) is 54.8. The van der Waals surface area contributed by atoms with Gasteiger partial charge in [0.05, 0.1) is 20.3 Å². The van der Waals surface area contributed by atoms with Crippen LogP contribution in [0.3, 0.4) is 0 Å². The van der Waals surface area contributed by atoms with Gasteiger partial charge in [0.1, 0.15) is 0 Å². The zero-order valence-corrected chi connectivity index (χ0v) is 26.0. The van der Waals surface area contributed by atoms with E-state index in [-0.39, 0.29) is 13.4 Å². The maximum atomic E-state index is 10.0. The summed E-state index contributed by atoms with van der Waals surface area (Å²) in [7, 11) is 14.2. The summed E-state index contributed by atoms with van der Waals surface area (Å²) in [5.74, 6) is -0.322. The molecule has 0 unspecified atom stereocenters. The fourth-order valence-corrected chi connectivity index (χ4v) is 1.26. The second-order valence-corrected chi connectivity index (χ2v) is 5.51. The molecule has 0 saturated carbocycles. The lowest BCUT2D eigenvalue weighted by Crippen LogP contribution is -2.24. The Kier molecular flexibility index (Phi) is 75.2. The van der Waals surface area contributed by atoms with Crippen LogP contribution in [0.15, 0.2) is 30.3 Å². The van der Waals surface area contributed by atoms with Gasteiger partial charge in [0.2, 0.25) is 0 Å². The van der Waals surface area contributed by atoms with Crippen molar-refractivity contribution in [1.29, 1.82) is 0 Å². The number of carbonyl (C=O) groups excluding carboxylic acids is 3. The van der Waals surface area contributed by atoms with E-state index in [9.17, 15) is 14.4 Å². The minimum Gasteiger partial charge on any atom is -0.371 e. The molecule has 19 heteroatoms. The Morgan fingerprint density at radius 2 is 1.19 bits per heavy atom. The molecule has 0 atom stereocenters. The van der Waals surface area contributed by atoms with Gasteiger partial charge in [-0.15, -0.1) is 0 Å². The van der Waals surface area contributed by atoms with Crippen LogP contribution in [-0.2, 0) is 40.4 Å². The van der Waals surface area contributed by atoms with E-state index >= 15 is 0 Å². The van der Waals surface area contributed by atoms with Crippen LogP contribution in [-0.4, -0.2) is 93.5 Å². The van der Waals surface area contributed by atoms with E-state index in [4.69, 9.17) is 10.0 Å². The third kappa shape index (κ3) is 90.7. The van der Waals surface area contributed by atoms with Gasteiger partial charge < -0.3 is 40.4 Å². The number of hydroxylamine groups is 7. The summed E-state index contributed by atoms with van der Waals surface area (Å²) in [6.45, 7) is 4.61. The Balaban J connectivity index is -0.0000000700. The van der Waals surface area contributed by atoms with Crippen molar-refractivity contribution in [3.05, 3.63) is 35.9 Å². The fraction of sp³-hybridized carbons (Fsp3) is 0.609. The van der Waals surface area contributed by atoms with E-state index in [0.717, 1.165) is 6.61 Å². The van der Waals surface area contributed by atoms with E-state index < -0.39 is 12.2 Å². The number of amides is 2. The fourth-order valence-electron chi connectivity index (χ4n) is 1.26. The Morgan fingerprint density at radius 1 is 0.762 bits per heavy atom. The first-order chi connectivity index (χ1) is 19.5. The quantitative estimate of drug-likeness (QED) is 0.128. The van der Waals surface area contributed by atoms with Gasteiger partial charge >= 0.3 is 18.2 Å². The van der Waals surface area contributed by atoms with Gasteiger partial charge in [-0.25, -0.2) is 31.5 Å². The SMILES string of the molecule is C.CCONC.CNO.CNOC.CNOC(=O)NC.CNOC(C)=O.CNOC(N)=O.CNOCc1ccccc1. The predicted octanol–water partition coefficient (Wildman–Crippen LogP) is -0.130. The highest BCUT2D eigenvalue weighted by Gasteiger charge is 1.90. The van der Waals surface area contributed by atoms with Gasteiger partial charge in [0.15, 0.2) is 0 Å². The second-order valence-electron chi connectivity index (χ2n) is 5.51. The number of hydrogen-bond donors (Lipinski definition) is 10. The molecule has 19 nitrogen and oxygen atoms in total. The first-order valence-corrected chi connectivity index (χ1v) is 11.7. The zero-order valence-electron chi connectivity index (χ0n) is 26.0.